The Kier molecular flexibility index (Phi) is 5.87. The third kappa shape index (κ3) is 4.27. The minimum atomic E-state index is -3.08. The van der Waals surface area contributed by atoms with Gasteiger partial charge in [-0.2, -0.15) is 0 Å². The summed E-state index contributed by atoms with van der Waals surface area (Å²) in [6, 6.07) is 9.66. The summed E-state index contributed by atoms with van der Waals surface area (Å²) in [6.45, 7) is 5.54. The standard InChI is InChI=1S/C17H21BrN2O3S/c1-4-24(22,23)9-8-19-17(21)16-10-12(2)20(13(16)3)15-7-5-6-14(18)11-15/h5-7,10-11H,4,8-9H2,1-3H3,(H,19,21). The molecule has 0 atom stereocenters. The third-order valence-electron chi connectivity index (χ3n) is 3.88. The van der Waals surface area contributed by atoms with Gasteiger partial charge in [0.2, 0.25) is 0 Å². The number of aryl methyl sites for hydroxylation is 1. The first-order valence-corrected chi connectivity index (χ1v) is 10.3. The number of hydrogen-bond acceptors (Lipinski definition) is 3. The SMILES string of the molecule is CCS(=O)(=O)CCNC(=O)c1cc(C)n(-c2cccc(Br)c2)c1C. The van der Waals surface area contributed by atoms with Crippen LogP contribution in [0.5, 0.6) is 0 Å². The van der Waals surface area contributed by atoms with Crippen molar-refractivity contribution in [2.24, 2.45) is 0 Å². The molecule has 2 aromatic rings. The average Bonchev–Trinajstić information content (AvgIpc) is 2.82. The minimum Gasteiger partial charge on any atom is -0.351 e. The molecule has 0 aliphatic heterocycles. The van der Waals surface area contributed by atoms with Crippen LogP contribution in [-0.4, -0.2) is 36.9 Å². The van der Waals surface area contributed by atoms with Crippen LogP contribution in [-0.2, 0) is 9.84 Å². The fourth-order valence-corrected chi connectivity index (χ4v) is 3.65. The fraction of sp³-hybridized carbons (Fsp3) is 0.353. The summed E-state index contributed by atoms with van der Waals surface area (Å²) in [7, 11) is -3.08. The van der Waals surface area contributed by atoms with Gasteiger partial charge in [0, 0.05) is 33.8 Å². The molecule has 1 amide bonds. The molecule has 0 aliphatic carbocycles. The second kappa shape index (κ2) is 7.53. The molecule has 0 unspecified atom stereocenters. The van der Waals surface area contributed by atoms with E-state index in [1.54, 1.807) is 6.92 Å². The second-order valence-corrected chi connectivity index (χ2v) is 8.98. The van der Waals surface area contributed by atoms with Crippen molar-refractivity contribution in [1.82, 2.24) is 9.88 Å². The quantitative estimate of drug-likeness (QED) is 0.792. The lowest BCUT2D eigenvalue weighted by Crippen LogP contribution is -2.29. The van der Waals surface area contributed by atoms with Crippen molar-refractivity contribution in [3.8, 4) is 5.69 Å². The zero-order valence-electron chi connectivity index (χ0n) is 14.0. The number of carbonyl (C=O) groups excluding carboxylic acids is 1. The lowest BCUT2D eigenvalue weighted by atomic mass is 10.2. The first-order valence-electron chi connectivity index (χ1n) is 7.68. The summed E-state index contributed by atoms with van der Waals surface area (Å²) in [5.74, 6) is -0.212. The topological polar surface area (TPSA) is 68.2 Å². The van der Waals surface area contributed by atoms with Gasteiger partial charge in [-0.15, -0.1) is 0 Å². The van der Waals surface area contributed by atoms with Crippen molar-refractivity contribution in [2.75, 3.05) is 18.1 Å². The predicted octanol–water partition coefficient (Wildman–Crippen LogP) is 3.02. The zero-order chi connectivity index (χ0) is 17.9. The van der Waals surface area contributed by atoms with Crippen LogP contribution in [0.3, 0.4) is 0 Å². The Morgan fingerprint density at radius 1 is 1.25 bits per heavy atom. The Balaban J connectivity index is 2.21. The molecule has 0 fully saturated rings. The van der Waals surface area contributed by atoms with Gasteiger partial charge in [-0.3, -0.25) is 4.79 Å². The molecule has 5 nitrogen and oxygen atoms in total. The van der Waals surface area contributed by atoms with Gasteiger partial charge in [0.15, 0.2) is 9.84 Å². The highest BCUT2D eigenvalue weighted by molar-refractivity contribution is 9.10. The maximum Gasteiger partial charge on any atom is 0.253 e. The van der Waals surface area contributed by atoms with E-state index in [2.05, 4.69) is 21.2 Å². The highest BCUT2D eigenvalue weighted by atomic mass is 79.9. The van der Waals surface area contributed by atoms with Gasteiger partial charge in [0.25, 0.3) is 5.91 Å². The number of amides is 1. The molecular formula is C17H21BrN2O3S. The summed E-state index contributed by atoms with van der Waals surface area (Å²) in [5, 5.41) is 2.69. The van der Waals surface area contributed by atoms with Gasteiger partial charge in [0.05, 0.1) is 11.3 Å². The zero-order valence-corrected chi connectivity index (χ0v) is 16.4. The largest absolute Gasteiger partial charge is 0.351 e. The molecule has 0 bridgehead atoms. The Bertz CT molecular complexity index is 857. The molecule has 1 aromatic carbocycles. The van der Waals surface area contributed by atoms with Crippen molar-refractivity contribution in [3.63, 3.8) is 0 Å². The molecule has 0 radical (unpaired) electrons. The number of aromatic nitrogens is 1. The Morgan fingerprint density at radius 2 is 1.96 bits per heavy atom. The molecule has 24 heavy (non-hydrogen) atoms. The number of benzene rings is 1. The van der Waals surface area contributed by atoms with E-state index in [-0.39, 0.29) is 24.0 Å². The molecule has 0 aliphatic rings. The van der Waals surface area contributed by atoms with E-state index in [4.69, 9.17) is 0 Å². The summed E-state index contributed by atoms with van der Waals surface area (Å²) < 4.78 is 26.0. The van der Waals surface area contributed by atoms with Crippen LogP contribution in [0.1, 0.15) is 28.7 Å². The van der Waals surface area contributed by atoms with E-state index in [1.165, 1.54) is 0 Å². The lowest BCUT2D eigenvalue weighted by Gasteiger charge is -2.10. The molecule has 0 saturated heterocycles. The predicted molar refractivity (Wildman–Crippen MR) is 99.6 cm³/mol. The third-order valence-corrected chi connectivity index (χ3v) is 6.08. The van der Waals surface area contributed by atoms with Crippen LogP contribution < -0.4 is 5.32 Å². The van der Waals surface area contributed by atoms with Crippen LogP contribution in [0, 0.1) is 13.8 Å². The number of nitrogens with zero attached hydrogens (tertiary/aromatic N) is 1. The molecule has 130 valence electrons. The van der Waals surface area contributed by atoms with E-state index >= 15 is 0 Å². The number of rotatable bonds is 6. The van der Waals surface area contributed by atoms with Gasteiger partial charge >= 0.3 is 0 Å². The van der Waals surface area contributed by atoms with Crippen LogP contribution >= 0.6 is 15.9 Å². The van der Waals surface area contributed by atoms with Crippen LogP contribution in [0.25, 0.3) is 5.69 Å². The molecular weight excluding hydrogens is 392 g/mol. The molecule has 2 rings (SSSR count). The Morgan fingerprint density at radius 3 is 2.58 bits per heavy atom. The normalized spacial score (nSPS) is 11.5. The number of nitrogens with one attached hydrogen (secondary N) is 1. The highest BCUT2D eigenvalue weighted by Gasteiger charge is 2.17. The summed E-state index contributed by atoms with van der Waals surface area (Å²) >= 11 is 3.45. The number of carbonyl (C=O) groups is 1. The maximum atomic E-state index is 12.4. The smallest absolute Gasteiger partial charge is 0.253 e. The van der Waals surface area contributed by atoms with Crippen molar-refractivity contribution < 1.29 is 13.2 Å². The van der Waals surface area contributed by atoms with Gasteiger partial charge < -0.3 is 9.88 Å². The monoisotopic (exact) mass is 412 g/mol. The van der Waals surface area contributed by atoms with Gasteiger partial charge in [-0.25, -0.2) is 8.42 Å². The molecule has 0 saturated carbocycles. The van der Waals surface area contributed by atoms with Crippen molar-refractivity contribution in [3.05, 3.63) is 51.8 Å². The first-order chi connectivity index (χ1) is 11.2. The van der Waals surface area contributed by atoms with E-state index in [1.807, 2.05) is 48.7 Å². The van der Waals surface area contributed by atoms with Gasteiger partial charge in [0.1, 0.15) is 0 Å². The lowest BCUT2D eigenvalue weighted by molar-refractivity contribution is 0.0955. The van der Waals surface area contributed by atoms with Crippen molar-refractivity contribution >= 4 is 31.7 Å². The second-order valence-electron chi connectivity index (χ2n) is 5.59. The van der Waals surface area contributed by atoms with Crippen molar-refractivity contribution in [2.45, 2.75) is 20.8 Å². The van der Waals surface area contributed by atoms with E-state index in [0.29, 0.717) is 5.56 Å². The maximum absolute atomic E-state index is 12.4. The molecule has 1 N–H and O–H groups in total. The fourth-order valence-electron chi connectivity index (χ4n) is 2.56. The van der Waals surface area contributed by atoms with E-state index in [9.17, 15) is 13.2 Å². The van der Waals surface area contributed by atoms with Crippen LogP contribution in [0.4, 0.5) is 0 Å². The summed E-state index contributed by atoms with van der Waals surface area (Å²) in [6.07, 6.45) is 0. The first kappa shape index (κ1) is 18.7. The number of sulfone groups is 1. The average molecular weight is 413 g/mol. The van der Waals surface area contributed by atoms with Gasteiger partial charge in [-0.1, -0.05) is 28.9 Å². The highest BCUT2D eigenvalue weighted by Crippen LogP contribution is 2.23. The van der Waals surface area contributed by atoms with Gasteiger partial charge in [-0.05, 0) is 38.1 Å². The van der Waals surface area contributed by atoms with Crippen LogP contribution in [0.15, 0.2) is 34.8 Å². The number of halogens is 1. The summed E-state index contributed by atoms with van der Waals surface area (Å²) in [4.78, 5) is 12.4. The Hall–Kier alpha value is -1.60. The summed E-state index contributed by atoms with van der Waals surface area (Å²) in [5.41, 5.74) is 3.28. The number of hydrogen-bond donors (Lipinski definition) is 1. The van der Waals surface area contributed by atoms with Crippen molar-refractivity contribution in [1.29, 1.82) is 0 Å². The molecule has 1 heterocycles. The van der Waals surface area contributed by atoms with E-state index in [0.717, 1.165) is 21.5 Å². The molecule has 7 heteroatoms. The van der Waals surface area contributed by atoms with Crippen LogP contribution in [0.2, 0.25) is 0 Å². The Labute approximate surface area is 151 Å². The molecule has 1 aromatic heterocycles. The van der Waals surface area contributed by atoms with E-state index < -0.39 is 9.84 Å². The molecule has 0 spiro atoms. The minimum absolute atomic E-state index is 0.0421.